The number of carbonyl (C=O) groups excluding carboxylic acids is 1. The third-order valence-corrected chi connectivity index (χ3v) is 3.79. The number of hydrogen-bond donors (Lipinski definition) is 2. The third kappa shape index (κ3) is 3.68. The molecule has 0 aliphatic carbocycles. The highest BCUT2D eigenvalue weighted by Gasteiger charge is 2.13. The monoisotopic (exact) mass is 316 g/mol. The van der Waals surface area contributed by atoms with Crippen LogP contribution >= 0.6 is 11.6 Å². The van der Waals surface area contributed by atoms with Crippen molar-refractivity contribution in [3.8, 4) is 0 Å². The summed E-state index contributed by atoms with van der Waals surface area (Å²) in [5.74, 6) is 0.959. The highest BCUT2D eigenvalue weighted by molar-refractivity contribution is 6.30. The van der Waals surface area contributed by atoms with Crippen LogP contribution < -0.4 is 15.5 Å². The van der Waals surface area contributed by atoms with Gasteiger partial charge in [-0.15, -0.1) is 0 Å². The van der Waals surface area contributed by atoms with Crippen LogP contribution in [0.4, 0.5) is 22.0 Å². The number of halogens is 1. The summed E-state index contributed by atoms with van der Waals surface area (Å²) in [5.41, 5.74) is 1.35. The van der Waals surface area contributed by atoms with Crippen LogP contribution in [0.1, 0.15) is 12.8 Å². The zero-order valence-corrected chi connectivity index (χ0v) is 12.8. The largest absolute Gasteiger partial charge is 0.357 e. The first-order valence-electron chi connectivity index (χ1n) is 7.25. The number of urea groups is 1. The van der Waals surface area contributed by atoms with Crippen LogP contribution in [0, 0.1) is 0 Å². The first-order valence-corrected chi connectivity index (χ1v) is 7.63. The molecule has 2 N–H and O–H groups in total. The molecule has 114 valence electrons. The maximum absolute atomic E-state index is 11.9. The number of anilines is 3. The van der Waals surface area contributed by atoms with Crippen LogP contribution in [0.15, 0.2) is 42.6 Å². The minimum absolute atomic E-state index is 0.307. The van der Waals surface area contributed by atoms with Crippen LogP contribution in [0.2, 0.25) is 5.02 Å². The average Bonchev–Trinajstić information content (AvgIpc) is 3.05. The van der Waals surface area contributed by atoms with Crippen molar-refractivity contribution < 1.29 is 4.79 Å². The molecular formula is C16H17ClN4O. The maximum atomic E-state index is 11.9. The standard InChI is InChI=1S/C16H17ClN4O/c17-12-3-5-13(6-4-12)19-16(22)20-14-7-8-15(18-11-14)21-9-1-2-10-21/h3-8,11H,1-2,9-10H2,(H2,19,20,22). The lowest BCUT2D eigenvalue weighted by atomic mass is 10.3. The van der Waals surface area contributed by atoms with Gasteiger partial charge in [-0.3, -0.25) is 0 Å². The summed E-state index contributed by atoms with van der Waals surface area (Å²) in [6.07, 6.45) is 4.10. The molecule has 0 bridgehead atoms. The molecule has 5 nitrogen and oxygen atoms in total. The van der Waals surface area contributed by atoms with E-state index in [0.717, 1.165) is 18.9 Å². The molecule has 3 rings (SSSR count). The van der Waals surface area contributed by atoms with Gasteiger partial charge in [-0.2, -0.15) is 0 Å². The molecule has 2 aromatic rings. The van der Waals surface area contributed by atoms with Gasteiger partial charge in [-0.25, -0.2) is 9.78 Å². The second-order valence-corrected chi connectivity index (χ2v) is 5.62. The Labute approximate surface area is 134 Å². The number of benzene rings is 1. The van der Waals surface area contributed by atoms with Gasteiger partial charge in [0.25, 0.3) is 0 Å². The average molecular weight is 317 g/mol. The van der Waals surface area contributed by atoms with Crippen molar-refractivity contribution in [2.24, 2.45) is 0 Å². The molecule has 1 aliphatic rings. The van der Waals surface area contributed by atoms with E-state index < -0.39 is 0 Å². The molecule has 1 fully saturated rings. The van der Waals surface area contributed by atoms with E-state index in [-0.39, 0.29) is 6.03 Å². The van der Waals surface area contributed by atoms with Gasteiger partial charge in [-0.05, 0) is 49.2 Å². The number of nitrogens with zero attached hydrogens (tertiary/aromatic N) is 2. The van der Waals surface area contributed by atoms with E-state index in [9.17, 15) is 4.79 Å². The molecule has 0 radical (unpaired) electrons. The van der Waals surface area contributed by atoms with Crippen molar-refractivity contribution in [2.75, 3.05) is 28.6 Å². The molecule has 2 heterocycles. The second kappa shape index (κ2) is 6.66. The van der Waals surface area contributed by atoms with E-state index in [0.29, 0.717) is 16.4 Å². The number of rotatable bonds is 3. The topological polar surface area (TPSA) is 57.3 Å². The quantitative estimate of drug-likeness (QED) is 0.900. The van der Waals surface area contributed by atoms with Gasteiger partial charge < -0.3 is 15.5 Å². The minimum atomic E-state index is -0.307. The van der Waals surface area contributed by atoms with Gasteiger partial charge in [0.2, 0.25) is 0 Å². The van der Waals surface area contributed by atoms with Gasteiger partial charge in [0.1, 0.15) is 5.82 Å². The Balaban J connectivity index is 1.57. The first-order chi connectivity index (χ1) is 10.7. The number of carbonyl (C=O) groups is 1. The van der Waals surface area contributed by atoms with E-state index in [1.165, 1.54) is 12.8 Å². The molecule has 0 saturated carbocycles. The summed E-state index contributed by atoms with van der Waals surface area (Å²) in [5, 5.41) is 6.13. The highest BCUT2D eigenvalue weighted by Crippen LogP contribution is 2.19. The van der Waals surface area contributed by atoms with Crippen LogP contribution in [-0.4, -0.2) is 24.1 Å². The van der Waals surface area contributed by atoms with Gasteiger partial charge >= 0.3 is 6.03 Å². The van der Waals surface area contributed by atoms with Crippen LogP contribution in [0.25, 0.3) is 0 Å². The Hall–Kier alpha value is -2.27. The van der Waals surface area contributed by atoms with Crippen LogP contribution in [0.3, 0.4) is 0 Å². The van der Waals surface area contributed by atoms with E-state index in [4.69, 9.17) is 11.6 Å². The Morgan fingerprint density at radius 2 is 1.64 bits per heavy atom. The molecule has 0 atom stereocenters. The number of aromatic nitrogens is 1. The van der Waals surface area contributed by atoms with Crippen molar-refractivity contribution in [3.05, 3.63) is 47.6 Å². The summed E-state index contributed by atoms with van der Waals surface area (Å²) in [7, 11) is 0. The number of hydrogen-bond acceptors (Lipinski definition) is 3. The van der Waals surface area contributed by atoms with Gasteiger partial charge in [-0.1, -0.05) is 11.6 Å². The Morgan fingerprint density at radius 3 is 2.27 bits per heavy atom. The summed E-state index contributed by atoms with van der Waals surface area (Å²) in [6.45, 7) is 2.10. The number of amides is 2. The molecule has 22 heavy (non-hydrogen) atoms. The molecule has 1 aliphatic heterocycles. The molecule has 2 amide bonds. The van der Waals surface area contributed by atoms with Gasteiger partial charge in [0, 0.05) is 23.8 Å². The molecule has 1 saturated heterocycles. The Bertz CT molecular complexity index is 636. The fourth-order valence-corrected chi connectivity index (χ4v) is 2.55. The minimum Gasteiger partial charge on any atom is -0.357 e. The van der Waals surface area contributed by atoms with E-state index in [1.807, 2.05) is 12.1 Å². The summed E-state index contributed by atoms with van der Waals surface area (Å²) < 4.78 is 0. The predicted molar refractivity (Wildman–Crippen MR) is 89.8 cm³/mol. The lowest BCUT2D eigenvalue weighted by Crippen LogP contribution is -2.21. The molecule has 6 heteroatoms. The fourth-order valence-electron chi connectivity index (χ4n) is 2.42. The molecule has 1 aromatic heterocycles. The smallest absolute Gasteiger partial charge is 0.323 e. The van der Waals surface area contributed by atoms with Gasteiger partial charge in [0.15, 0.2) is 0 Å². The van der Waals surface area contributed by atoms with E-state index in [2.05, 4.69) is 20.5 Å². The zero-order chi connectivity index (χ0) is 15.4. The highest BCUT2D eigenvalue weighted by atomic mass is 35.5. The third-order valence-electron chi connectivity index (χ3n) is 3.54. The van der Waals surface area contributed by atoms with Crippen molar-refractivity contribution in [2.45, 2.75) is 12.8 Å². The zero-order valence-electron chi connectivity index (χ0n) is 12.1. The lowest BCUT2D eigenvalue weighted by Gasteiger charge is -2.16. The normalized spacial score (nSPS) is 14.0. The van der Waals surface area contributed by atoms with Crippen molar-refractivity contribution in [1.82, 2.24) is 4.98 Å². The first kappa shape index (κ1) is 14.7. The van der Waals surface area contributed by atoms with Gasteiger partial charge in [0.05, 0.1) is 11.9 Å². The predicted octanol–water partition coefficient (Wildman–Crippen LogP) is 3.98. The summed E-state index contributed by atoms with van der Waals surface area (Å²) in [6, 6.07) is 10.4. The van der Waals surface area contributed by atoms with E-state index in [1.54, 1.807) is 30.5 Å². The van der Waals surface area contributed by atoms with E-state index >= 15 is 0 Å². The Kier molecular flexibility index (Phi) is 4.44. The summed E-state index contributed by atoms with van der Waals surface area (Å²) in [4.78, 5) is 18.6. The second-order valence-electron chi connectivity index (χ2n) is 5.19. The van der Waals surface area contributed by atoms with Crippen LogP contribution in [0.5, 0.6) is 0 Å². The van der Waals surface area contributed by atoms with Crippen LogP contribution in [-0.2, 0) is 0 Å². The Morgan fingerprint density at radius 1 is 1.00 bits per heavy atom. The number of nitrogens with one attached hydrogen (secondary N) is 2. The van der Waals surface area contributed by atoms with Crippen molar-refractivity contribution in [1.29, 1.82) is 0 Å². The SMILES string of the molecule is O=C(Nc1ccc(Cl)cc1)Nc1ccc(N2CCCC2)nc1. The fraction of sp³-hybridized carbons (Fsp3) is 0.250. The molecule has 0 spiro atoms. The molecular weight excluding hydrogens is 300 g/mol. The number of pyridine rings is 1. The van der Waals surface area contributed by atoms with Crippen molar-refractivity contribution >= 4 is 34.8 Å². The lowest BCUT2D eigenvalue weighted by molar-refractivity contribution is 0.262. The van der Waals surface area contributed by atoms with Crippen molar-refractivity contribution in [3.63, 3.8) is 0 Å². The molecule has 1 aromatic carbocycles. The maximum Gasteiger partial charge on any atom is 0.323 e. The molecule has 0 unspecified atom stereocenters. The summed E-state index contributed by atoms with van der Waals surface area (Å²) >= 11 is 5.81.